The van der Waals surface area contributed by atoms with Gasteiger partial charge in [0.2, 0.25) is 0 Å². The Balaban J connectivity index is 2.73. The highest BCUT2D eigenvalue weighted by atomic mass is 16.3. The number of hydrogen-bond acceptors (Lipinski definition) is 1. The summed E-state index contributed by atoms with van der Waals surface area (Å²) in [7, 11) is 0. The van der Waals surface area contributed by atoms with E-state index in [1.165, 1.54) is 12.0 Å². The van der Waals surface area contributed by atoms with Gasteiger partial charge in [0.15, 0.2) is 0 Å². The number of allylic oxidation sites excluding steroid dienone is 1. The van der Waals surface area contributed by atoms with Gasteiger partial charge in [-0.25, -0.2) is 0 Å². The molecule has 0 radical (unpaired) electrons. The van der Waals surface area contributed by atoms with E-state index in [-0.39, 0.29) is 0 Å². The van der Waals surface area contributed by atoms with E-state index in [0.29, 0.717) is 5.41 Å². The first-order valence-electron chi connectivity index (χ1n) is 5.79. The van der Waals surface area contributed by atoms with Crippen molar-refractivity contribution in [3.63, 3.8) is 0 Å². The molecule has 1 N–H and O–H groups in total. The van der Waals surface area contributed by atoms with E-state index in [9.17, 15) is 5.11 Å². The highest BCUT2D eigenvalue weighted by Gasteiger charge is 2.32. The molecule has 0 aliphatic heterocycles. The highest BCUT2D eigenvalue weighted by molar-refractivity contribution is 5.19. The summed E-state index contributed by atoms with van der Waals surface area (Å²) in [6, 6.07) is 0. The number of aliphatic hydroxyl groups is 1. The van der Waals surface area contributed by atoms with Crippen LogP contribution in [0.3, 0.4) is 0 Å². The minimum absolute atomic E-state index is 0.377. The predicted octanol–water partition coefficient (Wildman–Crippen LogP) is 3.67. The summed E-state index contributed by atoms with van der Waals surface area (Å²) < 4.78 is 0. The van der Waals surface area contributed by atoms with Crippen LogP contribution in [0.4, 0.5) is 0 Å². The fraction of sp³-hybridized carbons (Fsp3) is 0.846. The first-order chi connectivity index (χ1) is 6.37. The zero-order chi connectivity index (χ0) is 10.8. The Labute approximate surface area is 88.2 Å². The van der Waals surface area contributed by atoms with Crippen LogP contribution in [-0.2, 0) is 0 Å². The number of hydrogen-bond donors (Lipinski definition) is 1. The Morgan fingerprint density at radius 3 is 2.64 bits per heavy atom. The van der Waals surface area contributed by atoms with Gasteiger partial charge in [-0.2, -0.15) is 0 Å². The van der Waals surface area contributed by atoms with Gasteiger partial charge in [-0.3, -0.25) is 0 Å². The summed E-state index contributed by atoms with van der Waals surface area (Å²) in [6.07, 6.45) is 7.61. The molecule has 1 aliphatic rings. The molecule has 1 heteroatoms. The molecule has 1 unspecified atom stereocenters. The molecule has 0 aromatic heterocycles. The van der Waals surface area contributed by atoms with Crippen LogP contribution in [0.1, 0.15) is 59.8 Å². The predicted molar refractivity (Wildman–Crippen MR) is 61.2 cm³/mol. The van der Waals surface area contributed by atoms with Crippen molar-refractivity contribution in [3.8, 4) is 0 Å². The SMILES string of the molecule is CCCC(C)(O)C1=CCCC(C)(C)C1. The fourth-order valence-corrected chi connectivity index (χ4v) is 2.37. The van der Waals surface area contributed by atoms with Gasteiger partial charge < -0.3 is 5.11 Å². The van der Waals surface area contributed by atoms with Crippen molar-refractivity contribution in [1.29, 1.82) is 0 Å². The average Bonchev–Trinajstić information content (AvgIpc) is 2.02. The van der Waals surface area contributed by atoms with Gasteiger partial charge in [-0.1, -0.05) is 33.3 Å². The summed E-state index contributed by atoms with van der Waals surface area (Å²) in [5.41, 5.74) is 1.07. The van der Waals surface area contributed by atoms with Crippen molar-refractivity contribution in [2.75, 3.05) is 0 Å². The maximum absolute atomic E-state index is 10.3. The Bertz CT molecular complexity index is 223. The molecule has 82 valence electrons. The third-order valence-electron chi connectivity index (χ3n) is 3.31. The monoisotopic (exact) mass is 196 g/mol. The third kappa shape index (κ3) is 2.84. The summed E-state index contributed by atoms with van der Waals surface area (Å²) in [5, 5.41) is 10.3. The maximum Gasteiger partial charge on any atom is 0.0828 e. The van der Waals surface area contributed by atoms with Crippen LogP contribution < -0.4 is 0 Å². The average molecular weight is 196 g/mol. The van der Waals surface area contributed by atoms with E-state index in [0.717, 1.165) is 25.7 Å². The summed E-state index contributed by atoms with van der Waals surface area (Å²) in [4.78, 5) is 0. The largest absolute Gasteiger partial charge is 0.386 e. The van der Waals surface area contributed by atoms with Crippen LogP contribution >= 0.6 is 0 Å². The molecule has 0 fully saturated rings. The Kier molecular flexibility index (Phi) is 3.41. The summed E-state index contributed by atoms with van der Waals surface area (Å²) in [5.74, 6) is 0. The minimum atomic E-state index is -0.563. The van der Waals surface area contributed by atoms with E-state index < -0.39 is 5.60 Å². The first kappa shape index (κ1) is 11.8. The van der Waals surface area contributed by atoms with Gasteiger partial charge in [-0.05, 0) is 43.6 Å². The van der Waals surface area contributed by atoms with Gasteiger partial charge in [0.1, 0.15) is 0 Å². The van der Waals surface area contributed by atoms with E-state index in [2.05, 4.69) is 26.8 Å². The van der Waals surface area contributed by atoms with Crippen molar-refractivity contribution in [1.82, 2.24) is 0 Å². The van der Waals surface area contributed by atoms with E-state index in [1.54, 1.807) is 0 Å². The van der Waals surface area contributed by atoms with Crippen LogP contribution in [0.15, 0.2) is 11.6 Å². The molecule has 0 heterocycles. The molecule has 0 bridgehead atoms. The molecule has 0 saturated carbocycles. The van der Waals surface area contributed by atoms with Crippen LogP contribution in [0.25, 0.3) is 0 Å². The normalized spacial score (nSPS) is 25.4. The van der Waals surface area contributed by atoms with Gasteiger partial charge in [0.25, 0.3) is 0 Å². The van der Waals surface area contributed by atoms with Crippen molar-refractivity contribution < 1.29 is 5.11 Å². The minimum Gasteiger partial charge on any atom is -0.386 e. The topological polar surface area (TPSA) is 20.2 Å². The van der Waals surface area contributed by atoms with Crippen LogP contribution in [0.2, 0.25) is 0 Å². The van der Waals surface area contributed by atoms with Crippen molar-refractivity contribution in [2.24, 2.45) is 5.41 Å². The Hall–Kier alpha value is -0.300. The lowest BCUT2D eigenvalue weighted by molar-refractivity contribution is 0.0741. The summed E-state index contributed by atoms with van der Waals surface area (Å²) >= 11 is 0. The second-order valence-corrected chi connectivity index (χ2v) is 5.63. The second-order valence-electron chi connectivity index (χ2n) is 5.63. The quantitative estimate of drug-likeness (QED) is 0.683. The highest BCUT2D eigenvalue weighted by Crippen LogP contribution is 2.40. The van der Waals surface area contributed by atoms with Crippen molar-refractivity contribution in [3.05, 3.63) is 11.6 Å². The maximum atomic E-state index is 10.3. The van der Waals surface area contributed by atoms with Crippen molar-refractivity contribution >= 4 is 0 Å². The van der Waals surface area contributed by atoms with Gasteiger partial charge in [-0.15, -0.1) is 0 Å². The van der Waals surface area contributed by atoms with Gasteiger partial charge in [0.05, 0.1) is 5.60 Å². The standard InChI is InChI=1S/C13H24O/c1-5-8-13(4,14)11-7-6-9-12(2,3)10-11/h7,14H,5-6,8-10H2,1-4H3. The molecule has 14 heavy (non-hydrogen) atoms. The second kappa shape index (κ2) is 4.06. The molecule has 0 aromatic rings. The van der Waals surface area contributed by atoms with Crippen LogP contribution in [0, 0.1) is 5.41 Å². The Morgan fingerprint density at radius 2 is 2.14 bits per heavy atom. The van der Waals surface area contributed by atoms with E-state index >= 15 is 0 Å². The molecule has 1 atom stereocenters. The molecular formula is C13H24O. The van der Waals surface area contributed by atoms with Crippen LogP contribution in [-0.4, -0.2) is 10.7 Å². The number of rotatable bonds is 3. The third-order valence-corrected chi connectivity index (χ3v) is 3.31. The Morgan fingerprint density at radius 1 is 1.50 bits per heavy atom. The van der Waals surface area contributed by atoms with Gasteiger partial charge in [0, 0.05) is 0 Å². The molecule has 1 nitrogen and oxygen atoms in total. The first-order valence-corrected chi connectivity index (χ1v) is 5.79. The molecule has 0 amide bonds. The molecule has 0 saturated heterocycles. The molecule has 0 aromatic carbocycles. The molecule has 0 spiro atoms. The van der Waals surface area contributed by atoms with Gasteiger partial charge >= 0.3 is 0 Å². The van der Waals surface area contributed by atoms with Crippen LogP contribution in [0.5, 0.6) is 0 Å². The summed E-state index contributed by atoms with van der Waals surface area (Å²) in [6.45, 7) is 8.68. The lowest BCUT2D eigenvalue weighted by Gasteiger charge is -2.36. The molecule has 1 aliphatic carbocycles. The van der Waals surface area contributed by atoms with Crippen molar-refractivity contribution in [2.45, 2.75) is 65.4 Å². The lowest BCUT2D eigenvalue weighted by Crippen LogP contribution is -2.31. The zero-order valence-electron chi connectivity index (χ0n) is 10.1. The lowest BCUT2D eigenvalue weighted by atomic mass is 9.72. The van der Waals surface area contributed by atoms with E-state index in [1.807, 2.05) is 6.92 Å². The van der Waals surface area contributed by atoms with E-state index in [4.69, 9.17) is 0 Å². The zero-order valence-corrected chi connectivity index (χ0v) is 10.1. The molecule has 1 rings (SSSR count). The molecular weight excluding hydrogens is 172 g/mol. The smallest absolute Gasteiger partial charge is 0.0828 e. The fourth-order valence-electron chi connectivity index (χ4n) is 2.37.